The lowest BCUT2D eigenvalue weighted by molar-refractivity contribution is -0.597. The minimum absolute atomic E-state index is 0.180. The number of ether oxygens (including phenoxy) is 1. The Morgan fingerprint density at radius 3 is 2.07 bits per heavy atom. The molecule has 2 nitrogen and oxygen atoms in total. The Kier molecular flexibility index (Phi) is 13.1. The van der Waals surface area contributed by atoms with Gasteiger partial charge in [0.2, 0.25) is 0 Å². The molecule has 0 aliphatic rings. The van der Waals surface area contributed by atoms with Gasteiger partial charge in [-0.3, -0.25) is 0 Å². The van der Waals surface area contributed by atoms with Gasteiger partial charge in [-0.25, -0.2) is 0 Å². The second-order valence-corrected chi connectivity index (χ2v) is 10.8. The second-order valence-electron chi connectivity index (χ2n) is 7.78. The van der Waals surface area contributed by atoms with Crippen LogP contribution >= 0.6 is 0 Å². The molecule has 0 aliphatic carbocycles. The number of benzene rings is 2. The molecule has 0 radical (unpaired) electrons. The fourth-order valence-corrected chi connectivity index (χ4v) is 5.71. The third-order valence-corrected chi connectivity index (χ3v) is 7.72. The zero-order valence-corrected chi connectivity index (χ0v) is 20.1. The molecule has 1 N–H and O–H groups in total. The highest BCUT2D eigenvalue weighted by molar-refractivity contribution is 5.20. The number of hydrogen-bond acceptors (Lipinski definition) is 2. The first-order valence-electron chi connectivity index (χ1n) is 11.4. The number of hydrogen-bond donors (Lipinski definition) is 1. The van der Waals surface area contributed by atoms with Gasteiger partial charge in [0, 0.05) is 6.07 Å². The van der Waals surface area contributed by atoms with Gasteiger partial charge in [-0.2, -0.15) is 0 Å². The number of aliphatic hydroxyl groups excluding tert-OH is 1. The fraction of sp³-hybridized carbons (Fsp3) is 0.538. The van der Waals surface area contributed by atoms with Gasteiger partial charge < -0.3 is 9.84 Å². The van der Waals surface area contributed by atoms with Crippen molar-refractivity contribution < 1.29 is 31.0 Å². The third kappa shape index (κ3) is 11.6. The molecule has 0 amide bonds. The van der Waals surface area contributed by atoms with Crippen LogP contribution in [0.15, 0.2) is 54.6 Å². The van der Waals surface area contributed by atoms with Gasteiger partial charge in [0.25, 0.3) is 0 Å². The lowest BCUT2D eigenvalue weighted by Crippen LogP contribution is -3.61. The molecule has 1 atom stereocenters. The van der Waals surface area contributed by atoms with Crippen LogP contribution in [0.1, 0.15) is 77.6 Å². The monoisotopic (exact) mass is 509 g/mol. The Labute approximate surface area is 188 Å². The van der Waals surface area contributed by atoms with Crippen LogP contribution in [0.5, 0.6) is 5.75 Å². The predicted octanol–water partition coefficient (Wildman–Crippen LogP) is 3.87. The van der Waals surface area contributed by atoms with Crippen molar-refractivity contribution >= 4 is 0 Å². The molecule has 0 bridgehead atoms. The van der Waals surface area contributed by atoms with Crippen LogP contribution in [-0.4, -0.2) is 17.8 Å². The zero-order chi connectivity index (χ0) is 20.6. The van der Waals surface area contributed by atoms with Crippen molar-refractivity contribution in [3.05, 3.63) is 61.7 Å². The van der Waals surface area contributed by atoms with Crippen LogP contribution in [0.4, 0.5) is 0 Å². The maximum absolute atomic E-state index is 10.2. The molecule has 0 spiro atoms. The number of aliphatic hydroxyl groups is 1. The summed E-state index contributed by atoms with van der Waals surface area (Å²) in [6.45, 7) is 2.66. The normalized spacial score (nSPS) is 12.1. The highest BCUT2D eigenvalue weighted by Gasteiger charge is 2.15. The molecule has 2 aromatic rings. The summed E-state index contributed by atoms with van der Waals surface area (Å²) in [5, 5.41) is 10.2. The van der Waals surface area contributed by atoms with E-state index in [0.717, 1.165) is 18.6 Å². The summed E-state index contributed by atoms with van der Waals surface area (Å²) in [5.41, 5.74) is 0. The minimum atomic E-state index is -0.364. The van der Waals surface area contributed by atoms with Crippen LogP contribution in [0.2, 0.25) is 0 Å². The maximum atomic E-state index is 10.2. The minimum Gasteiger partial charge on any atom is -0.491 e. The molecule has 0 heterocycles. The molecule has 2 rings (SSSR count). The first-order valence-corrected chi connectivity index (χ1v) is 13.5. The van der Waals surface area contributed by atoms with E-state index in [-0.39, 0.29) is 27.3 Å². The van der Waals surface area contributed by atoms with Gasteiger partial charge in [0.1, 0.15) is 12.4 Å². The summed E-state index contributed by atoms with van der Waals surface area (Å²) in [4.78, 5) is 0. The number of unbranched alkanes of at least 4 members (excludes halogenated alkanes) is 9. The molecule has 0 saturated heterocycles. The van der Waals surface area contributed by atoms with Crippen LogP contribution in [0.25, 0.3) is 0 Å². The van der Waals surface area contributed by atoms with Gasteiger partial charge in [0.05, 0.1) is 6.10 Å². The fourth-order valence-electron chi connectivity index (χ4n) is 3.36. The summed E-state index contributed by atoms with van der Waals surface area (Å²) in [7, 11) is 0. The van der Waals surface area contributed by atoms with E-state index in [4.69, 9.17) is 4.74 Å². The molecular weight excluding hydrogens is 471 g/mol. The molecular formula is C26H38IO2+. The SMILES string of the molecule is CCCCCCCCCCCCC(O)COc1cccc([I+]c2ccccc2)c1. The van der Waals surface area contributed by atoms with Gasteiger partial charge in [0.15, 0.2) is 7.14 Å². The Balaban J connectivity index is 1.54. The second kappa shape index (κ2) is 15.7. The van der Waals surface area contributed by atoms with Crippen LogP contribution in [-0.2, 0) is 0 Å². The third-order valence-electron chi connectivity index (χ3n) is 5.08. The zero-order valence-electron chi connectivity index (χ0n) is 18.0. The van der Waals surface area contributed by atoms with Gasteiger partial charge >= 0.3 is 21.2 Å². The van der Waals surface area contributed by atoms with Crippen molar-refractivity contribution in [1.29, 1.82) is 0 Å². The first-order chi connectivity index (χ1) is 14.3. The van der Waals surface area contributed by atoms with Crippen LogP contribution in [0.3, 0.4) is 0 Å². The van der Waals surface area contributed by atoms with E-state index in [1.54, 1.807) is 0 Å². The number of rotatable bonds is 16. The standard InChI is InChI=1S/C26H38IO2/c1-2-3-4-5-6-7-8-9-10-14-19-25(28)22-29-26-20-15-18-24(21-26)27-23-16-12-11-13-17-23/h11-13,15-18,20-21,25,28H,2-10,14,19,22H2,1H3/q+1. The summed E-state index contributed by atoms with van der Waals surface area (Å²) in [6.07, 6.45) is 13.7. The highest BCUT2D eigenvalue weighted by Crippen LogP contribution is 2.13. The molecule has 0 aliphatic heterocycles. The van der Waals surface area contributed by atoms with Crippen LogP contribution in [0, 0.1) is 7.14 Å². The maximum Gasteiger partial charge on any atom is 0.358 e. The molecule has 160 valence electrons. The van der Waals surface area contributed by atoms with Crippen molar-refractivity contribution in [1.82, 2.24) is 0 Å². The Morgan fingerprint density at radius 1 is 0.759 bits per heavy atom. The summed E-state index contributed by atoms with van der Waals surface area (Å²) < 4.78 is 8.61. The van der Waals surface area contributed by atoms with Crippen LogP contribution < -0.4 is 25.9 Å². The van der Waals surface area contributed by atoms with E-state index >= 15 is 0 Å². The first kappa shape index (κ1) is 24.2. The van der Waals surface area contributed by atoms with E-state index in [9.17, 15) is 5.11 Å². The van der Waals surface area contributed by atoms with Crippen molar-refractivity contribution in [2.24, 2.45) is 0 Å². The highest BCUT2D eigenvalue weighted by atomic mass is 127. The molecule has 3 heteroatoms. The smallest absolute Gasteiger partial charge is 0.358 e. The lowest BCUT2D eigenvalue weighted by atomic mass is 10.0. The van der Waals surface area contributed by atoms with E-state index < -0.39 is 0 Å². The summed E-state index contributed by atoms with van der Waals surface area (Å²) in [6, 6.07) is 19.0. The number of halogens is 1. The van der Waals surface area contributed by atoms with E-state index in [0.29, 0.717) is 6.61 Å². The van der Waals surface area contributed by atoms with Crippen molar-refractivity contribution in [2.75, 3.05) is 6.61 Å². The molecule has 29 heavy (non-hydrogen) atoms. The summed E-state index contributed by atoms with van der Waals surface area (Å²) in [5.74, 6) is 0.875. The lowest BCUT2D eigenvalue weighted by Gasteiger charge is -2.12. The van der Waals surface area contributed by atoms with Crippen molar-refractivity contribution in [3.63, 3.8) is 0 Å². The van der Waals surface area contributed by atoms with Crippen molar-refractivity contribution in [2.45, 2.75) is 83.7 Å². The summed E-state index contributed by atoms with van der Waals surface area (Å²) >= 11 is -0.180. The Morgan fingerprint density at radius 2 is 1.38 bits per heavy atom. The van der Waals surface area contributed by atoms with Gasteiger partial charge in [-0.15, -0.1) is 0 Å². The van der Waals surface area contributed by atoms with E-state index in [1.165, 1.54) is 64.9 Å². The van der Waals surface area contributed by atoms with Crippen molar-refractivity contribution in [3.8, 4) is 5.75 Å². The Bertz CT molecular complexity index is 644. The van der Waals surface area contributed by atoms with Gasteiger partial charge in [-0.1, -0.05) is 95.4 Å². The molecule has 0 saturated carbocycles. The average Bonchev–Trinajstić information content (AvgIpc) is 2.74. The largest absolute Gasteiger partial charge is 0.491 e. The Hall–Kier alpha value is -1.07. The van der Waals surface area contributed by atoms with E-state index in [2.05, 4.69) is 55.5 Å². The molecule has 1 unspecified atom stereocenters. The average molecular weight is 509 g/mol. The van der Waals surface area contributed by atoms with Gasteiger partial charge in [-0.05, 0) is 30.7 Å². The topological polar surface area (TPSA) is 29.5 Å². The van der Waals surface area contributed by atoms with E-state index in [1.807, 2.05) is 6.07 Å². The quantitative estimate of drug-likeness (QED) is 0.275. The molecule has 0 aromatic heterocycles. The molecule has 2 aromatic carbocycles. The molecule has 0 fully saturated rings. The predicted molar refractivity (Wildman–Crippen MR) is 118 cm³/mol.